The van der Waals surface area contributed by atoms with E-state index in [1.54, 1.807) is 0 Å². The van der Waals surface area contributed by atoms with Gasteiger partial charge >= 0.3 is 0 Å². The van der Waals surface area contributed by atoms with Crippen molar-refractivity contribution in [1.29, 1.82) is 5.26 Å². The molecule has 1 aromatic rings. The van der Waals surface area contributed by atoms with Gasteiger partial charge in [-0.25, -0.2) is 0 Å². The number of aliphatic hydroxyl groups is 1. The Labute approximate surface area is 109 Å². The van der Waals surface area contributed by atoms with Gasteiger partial charge in [0, 0.05) is 32.4 Å². The third-order valence-electron chi connectivity index (χ3n) is 3.19. The summed E-state index contributed by atoms with van der Waals surface area (Å²) in [5, 5.41) is 21.5. The highest BCUT2D eigenvalue weighted by atomic mass is 16.3. The van der Waals surface area contributed by atoms with Crippen LogP contribution in [0, 0.1) is 16.7 Å². The van der Waals surface area contributed by atoms with Crippen LogP contribution >= 0.6 is 0 Å². The molecule has 1 unspecified atom stereocenters. The molecular formula is C14H23N3O. The minimum Gasteiger partial charge on any atom is -0.396 e. The van der Waals surface area contributed by atoms with E-state index in [9.17, 15) is 0 Å². The summed E-state index contributed by atoms with van der Waals surface area (Å²) in [5.74, 6) is 0. The predicted molar refractivity (Wildman–Crippen MR) is 71.9 cm³/mol. The standard InChI is InChI=1S/C14H23N3O/c1-14(2,3)13(5-6-18)16-9-11-7-12(8-15)17(4)10-11/h7,10,13,16,18H,5-6,9H2,1-4H3. The molecule has 0 fully saturated rings. The summed E-state index contributed by atoms with van der Waals surface area (Å²) >= 11 is 0. The summed E-state index contributed by atoms with van der Waals surface area (Å²) < 4.78 is 1.83. The van der Waals surface area contributed by atoms with Gasteiger partial charge in [0.25, 0.3) is 0 Å². The number of aromatic nitrogens is 1. The van der Waals surface area contributed by atoms with Crippen molar-refractivity contribution in [2.75, 3.05) is 6.61 Å². The predicted octanol–water partition coefficient (Wildman–Crippen LogP) is 1.78. The van der Waals surface area contributed by atoms with Crippen LogP contribution in [0.3, 0.4) is 0 Å². The van der Waals surface area contributed by atoms with Crippen LogP contribution in [0.1, 0.15) is 38.4 Å². The Hall–Kier alpha value is -1.31. The molecule has 0 bridgehead atoms. The van der Waals surface area contributed by atoms with Crippen molar-refractivity contribution in [1.82, 2.24) is 9.88 Å². The first-order valence-electron chi connectivity index (χ1n) is 6.28. The molecule has 4 nitrogen and oxygen atoms in total. The van der Waals surface area contributed by atoms with E-state index in [1.165, 1.54) is 0 Å². The summed E-state index contributed by atoms with van der Waals surface area (Å²) in [5.41, 5.74) is 1.87. The van der Waals surface area contributed by atoms with E-state index in [4.69, 9.17) is 10.4 Å². The Kier molecular flexibility index (Phi) is 4.94. The molecule has 0 aliphatic rings. The van der Waals surface area contributed by atoms with E-state index in [1.807, 2.05) is 23.9 Å². The fraction of sp³-hybridized carbons (Fsp3) is 0.643. The third-order valence-corrected chi connectivity index (χ3v) is 3.19. The average Bonchev–Trinajstić information content (AvgIpc) is 2.63. The van der Waals surface area contributed by atoms with E-state index >= 15 is 0 Å². The fourth-order valence-electron chi connectivity index (χ4n) is 2.05. The molecule has 0 aromatic carbocycles. The summed E-state index contributed by atoms with van der Waals surface area (Å²) in [6, 6.07) is 4.31. The summed E-state index contributed by atoms with van der Waals surface area (Å²) in [6.45, 7) is 7.38. The Bertz CT molecular complexity index is 423. The van der Waals surface area contributed by atoms with Gasteiger partial charge in [-0.2, -0.15) is 5.26 Å². The van der Waals surface area contributed by atoms with Crippen molar-refractivity contribution in [2.24, 2.45) is 12.5 Å². The maximum Gasteiger partial charge on any atom is 0.120 e. The summed E-state index contributed by atoms with van der Waals surface area (Å²) in [7, 11) is 1.87. The number of nitrogens with zero attached hydrogens (tertiary/aromatic N) is 2. The molecule has 1 aromatic heterocycles. The molecule has 18 heavy (non-hydrogen) atoms. The van der Waals surface area contributed by atoms with Crippen molar-refractivity contribution in [3.63, 3.8) is 0 Å². The fourth-order valence-corrected chi connectivity index (χ4v) is 2.05. The number of hydrogen-bond acceptors (Lipinski definition) is 3. The quantitative estimate of drug-likeness (QED) is 0.836. The number of hydrogen-bond donors (Lipinski definition) is 2. The van der Waals surface area contributed by atoms with E-state index in [2.05, 4.69) is 32.2 Å². The van der Waals surface area contributed by atoms with Crippen LogP contribution in [-0.2, 0) is 13.6 Å². The van der Waals surface area contributed by atoms with Crippen LogP contribution in [0.2, 0.25) is 0 Å². The number of nitrogens with one attached hydrogen (secondary N) is 1. The number of nitriles is 1. The second-order valence-corrected chi connectivity index (χ2v) is 5.77. The van der Waals surface area contributed by atoms with E-state index in [0.717, 1.165) is 18.5 Å². The van der Waals surface area contributed by atoms with Crippen molar-refractivity contribution < 1.29 is 5.11 Å². The Morgan fingerprint density at radius 3 is 2.61 bits per heavy atom. The Morgan fingerprint density at radius 2 is 2.17 bits per heavy atom. The molecule has 0 spiro atoms. The van der Waals surface area contributed by atoms with Crippen LogP contribution in [0.15, 0.2) is 12.3 Å². The first kappa shape index (κ1) is 14.7. The van der Waals surface area contributed by atoms with Crippen LogP contribution in [-0.4, -0.2) is 22.3 Å². The van der Waals surface area contributed by atoms with Gasteiger partial charge in [-0.1, -0.05) is 20.8 Å². The number of aryl methyl sites for hydroxylation is 1. The monoisotopic (exact) mass is 249 g/mol. The maximum atomic E-state index is 9.10. The van der Waals surface area contributed by atoms with Crippen molar-refractivity contribution in [3.8, 4) is 6.07 Å². The van der Waals surface area contributed by atoms with E-state index in [-0.39, 0.29) is 18.1 Å². The molecule has 0 amide bonds. The highest BCUT2D eigenvalue weighted by molar-refractivity contribution is 5.28. The third kappa shape index (κ3) is 3.86. The molecule has 1 rings (SSSR count). The van der Waals surface area contributed by atoms with Gasteiger partial charge in [0.15, 0.2) is 0 Å². The number of rotatable bonds is 5. The first-order valence-corrected chi connectivity index (χ1v) is 6.28. The lowest BCUT2D eigenvalue weighted by Crippen LogP contribution is -2.40. The number of aliphatic hydroxyl groups excluding tert-OH is 1. The van der Waals surface area contributed by atoms with Crippen LogP contribution in [0.5, 0.6) is 0 Å². The molecule has 0 saturated heterocycles. The second kappa shape index (κ2) is 6.03. The smallest absolute Gasteiger partial charge is 0.120 e. The topological polar surface area (TPSA) is 61.0 Å². The zero-order valence-electron chi connectivity index (χ0n) is 11.7. The van der Waals surface area contributed by atoms with Crippen LogP contribution in [0.4, 0.5) is 0 Å². The first-order chi connectivity index (χ1) is 8.38. The van der Waals surface area contributed by atoms with Gasteiger partial charge in [-0.3, -0.25) is 0 Å². The Morgan fingerprint density at radius 1 is 1.50 bits per heavy atom. The minimum absolute atomic E-state index is 0.107. The minimum atomic E-state index is 0.107. The van der Waals surface area contributed by atoms with Crippen LogP contribution in [0.25, 0.3) is 0 Å². The summed E-state index contributed by atoms with van der Waals surface area (Å²) in [6.07, 6.45) is 2.70. The molecule has 4 heteroatoms. The van der Waals surface area contributed by atoms with E-state index < -0.39 is 0 Å². The lowest BCUT2D eigenvalue weighted by molar-refractivity contribution is 0.196. The lowest BCUT2D eigenvalue weighted by Gasteiger charge is -2.31. The Balaban J connectivity index is 2.64. The summed E-state index contributed by atoms with van der Waals surface area (Å²) in [4.78, 5) is 0. The van der Waals surface area contributed by atoms with Crippen LogP contribution < -0.4 is 5.32 Å². The lowest BCUT2D eigenvalue weighted by atomic mass is 9.85. The second-order valence-electron chi connectivity index (χ2n) is 5.77. The molecule has 0 aliphatic carbocycles. The van der Waals surface area contributed by atoms with Gasteiger partial charge in [-0.05, 0) is 23.5 Å². The molecule has 0 radical (unpaired) electrons. The maximum absolute atomic E-state index is 9.10. The van der Waals surface area contributed by atoms with Crippen molar-refractivity contribution >= 4 is 0 Å². The zero-order valence-corrected chi connectivity index (χ0v) is 11.7. The zero-order chi connectivity index (χ0) is 13.8. The molecule has 2 N–H and O–H groups in total. The largest absolute Gasteiger partial charge is 0.396 e. The van der Waals surface area contributed by atoms with E-state index in [0.29, 0.717) is 5.69 Å². The average molecular weight is 249 g/mol. The normalized spacial score (nSPS) is 13.3. The SMILES string of the molecule is Cn1cc(CNC(CCO)C(C)(C)C)cc1C#N. The molecule has 0 aliphatic heterocycles. The van der Waals surface area contributed by atoms with Gasteiger partial charge in [0.1, 0.15) is 11.8 Å². The molecule has 100 valence electrons. The molecule has 1 atom stereocenters. The highest BCUT2D eigenvalue weighted by Crippen LogP contribution is 2.22. The molecular weight excluding hydrogens is 226 g/mol. The van der Waals surface area contributed by atoms with Gasteiger partial charge in [0.2, 0.25) is 0 Å². The van der Waals surface area contributed by atoms with Gasteiger partial charge in [0.05, 0.1) is 0 Å². The molecule has 1 heterocycles. The van der Waals surface area contributed by atoms with Gasteiger partial charge in [-0.15, -0.1) is 0 Å². The molecule has 0 saturated carbocycles. The highest BCUT2D eigenvalue weighted by Gasteiger charge is 2.23. The van der Waals surface area contributed by atoms with Gasteiger partial charge < -0.3 is 15.0 Å². The van der Waals surface area contributed by atoms with Crippen molar-refractivity contribution in [3.05, 3.63) is 23.5 Å². The van der Waals surface area contributed by atoms with Crippen molar-refractivity contribution in [2.45, 2.75) is 39.8 Å².